The molecule has 0 aliphatic carbocycles. The van der Waals surface area contributed by atoms with Gasteiger partial charge in [-0.1, -0.05) is 13.0 Å². The monoisotopic (exact) mass is 367 g/mol. The molecule has 0 radical (unpaired) electrons. The van der Waals surface area contributed by atoms with Crippen LogP contribution in [0, 0.1) is 5.92 Å². The number of amides is 1. The fourth-order valence-electron chi connectivity index (χ4n) is 3.51. The fourth-order valence-corrected chi connectivity index (χ4v) is 3.51. The van der Waals surface area contributed by atoms with Gasteiger partial charge < -0.3 is 10.2 Å². The van der Waals surface area contributed by atoms with E-state index in [4.69, 9.17) is 0 Å². The summed E-state index contributed by atoms with van der Waals surface area (Å²) in [6, 6.07) is 2.02. The quantitative estimate of drug-likeness (QED) is 0.619. The molecule has 2 aromatic heterocycles. The van der Waals surface area contributed by atoms with Crippen molar-refractivity contribution < 1.29 is 4.79 Å². The SMILES string of the molecule is C=NN(/C=C\C)CC(=O)N[C@@H]1C[C@H](C)CN(c2ccnc3nccnc23)C1. The summed E-state index contributed by atoms with van der Waals surface area (Å²) in [7, 11) is 0. The Kier molecular flexibility index (Phi) is 5.95. The van der Waals surface area contributed by atoms with Crippen LogP contribution in [-0.2, 0) is 4.79 Å². The molecule has 1 aliphatic heterocycles. The van der Waals surface area contributed by atoms with Gasteiger partial charge in [0.05, 0.1) is 5.69 Å². The second-order valence-corrected chi connectivity index (χ2v) is 6.79. The van der Waals surface area contributed by atoms with Gasteiger partial charge in [-0.25, -0.2) is 15.0 Å². The van der Waals surface area contributed by atoms with Crippen molar-refractivity contribution in [2.75, 3.05) is 24.5 Å². The number of hydrazone groups is 1. The molecule has 2 atom stereocenters. The summed E-state index contributed by atoms with van der Waals surface area (Å²) < 4.78 is 0. The number of nitrogens with one attached hydrogen (secondary N) is 1. The second-order valence-electron chi connectivity index (χ2n) is 6.79. The van der Waals surface area contributed by atoms with Crippen molar-refractivity contribution in [1.29, 1.82) is 0 Å². The molecule has 0 unspecified atom stereocenters. The van der Waals surface area contributed by atoms with Crippen LogP contribution in [0.5, 0.6) is 0 Å². The lowest BCUT2D eigenvalue weighted by atomic mass is 9.95. The van der Waals surface area contributed by atoms with Gasteiger partial charge in [0.2, 0.25) is 5.91 Å². The number of fused-ring (bicyclic) bond motifs is 1. The van der Waals surface area contributed by atoms with Crippen LogP contribution in [0.2, 0.25) is 0 Å². The molecule has 1 amide bonds. The van der Waals surface area contributed by atoms with Gasteiger partial charge in [-0.2, -0.15) is 5.10 Å². The number of carbonyl (C=O) groups excluding carboxylic acids is 1. The number of hydrogen-bond donors (Lipinski definition) is 1. The zero-order valence-corrected chi connectivity index (χ0v) is 15.7. The molecule has 3 rings (SSSR count). The molecular weight excluding hydrogens is 342 g/mol. The number of anilines is 1. The average Bonchev–Trinajstić information content (AvgIpc) is 2.66. The van der Waals surface area contributed by atoms with Crippen molar-refractivity contribution in [2.45, 2.75) is 26.3 Å². The molecule has 0 saturated carbocycles. The van der Waals surface area contributed by atoms with Crippen molar-refractivity contribution >= 4 is 29.5 Å². The topological polar surface area (TPSA) is 86.6 Å². The molecule has 1 saturated heterocycles. The lowest BCUT2D eigenvalue weighted by molar-refractivity contribution is -0.122. The molecule has 0 bridgehead atoms. The van der Waals surface area contributed by atoms with Gasteiger partial charge >= 0.3 is 0 Å². The molecular formula is C19H25N7O. The van der Waals surface area contributed by atoms with E-state index in [9.17, 15) is 4.79 Å². The number of carbonyl (C=O) groups is 1. The minimum atomic E-state index is -0.0704. The van der Waals surface area contributed by atoms with Crippen LogP contribution in [-0.4, -0.2) is 58.3 Å². The largest absolute Gasteiger partial charge is 0.367 e. The maximum absolute atomic E-state index is 12.4. The first kappa shape index (κ1) is 18.8. The maximum atomic E-state index is 12.4. The summed E-state index contributed by atoms with van der Waals surface area (Å²) in [5.41, 5.74) is 2.42. The van der Waals surface area contributed by atoms with Gasteiger partial charge in [0.1, 0.15) is 12.1 Å². The standard InChI is InChI=1S/C19H25N7O/c1-4-9-26(20-3)13-17(27)24-15-10-14(2)11-25(12-15)16-5-6-22-19-18(16)21-7-8-23-19/h4-9,14-15H,3,10-13H2,1-2H3,(H,24,27)/b9-4-/t14-,15+/m0/s1. The first-order valence-corrected chi connectivity index (χ1v) is 9.06. The van der Waals surface area contributed by atoms with E-state index in [-0.39, 0.29) is 18.5 Å². The molecule has 0 aromatic carbocycles. The molecule has 3 heterocycles. The third-order valence-electron chi connectivity index (χ3n) is 4.52. The lowest BCUT2D eigenvalue weighted by Crippen LogP contribution is -2.51. The summed E-state index contributed by atoms with van der Waals surface area (Å²) in [4.78, 5) is 27.7. The van der Waals surface area contributed by atoms with Crippen molar-refractivity contribution in [3.05, 3.63) is 36.9 Å². The van der Waals surface area contributed by atoms with Crippen molar-refractivity contribution in [3.8, 4) is 0 Å². The number of piperidine rings is 1. The van der Waals surface area contributed by atoms with E-state index in [2.05, 4.69) is 43.9 Å². The first-order chi connectivity index (χ1) is 13.1. The molecule has 2 aromatic rings. The van der Waals surface area contributed by atoms with Crippen LogP contribution in [0.4, 0.5) is 5.69 Å². The second kappa shape index (κ2) is 8.57. The highest BCUT2D eigenvalue weighted by molar-refractivity contribution is 5.85. The summed E-state index contributed by atoms with van der Waals surface area (Å²) in [5.74, 6) is 0.368. The third-order valence-corrected chi connectivity index (χ3v) is 4.52. The van der Waals surface area contributed by atoms with Crippen molar-refractivity contribution in [1.82, 2.24) is 25.3 Å². The van der Waals surface area contributed by atoms with Gasteiger partial charge in [-0.15, -0.1) is 0 Å². The number of pyridine rings is 1. The maximum Gasteiger partial charge on any atom is 0.242 e. The highest BCUT2D eigenvalue weighted by Gasteiger charge is 2.27. The van der Waals surface area contributed by atoms with E-state index in [0.29, 0.717) is 11.6 Å². The highest BCUT2D eigenvalue weighted by atomic mass is 16.2. The highest BCUT2D eigenvalue weighted by Crippen LogP contribution is 2.27. The molecule has 1 N–H and O–H groups in total. The van der Waals surface area contributed by atoms with Crippen LogP contribution in [0.15, 0.2) is 42.0 Å². The zero-order chi connectivity index (χ0) is 19.2. The Balaban J connectivity index is 1.72. The molecule has 0 spiro atoms. The summed E-state index contributed by atoms with van der Waals surface area (Å²) in [6.07, 6.45) is 9.56. The van der Waals surface area contributed by atoms with E-state index in [0.717, 1.165) is 30.7 Å². The molecule has 8 heteroatoms. The van der Waals surface area contributed by atoms with Crippen molar-refractivity contribution in [3.63, 3.8) is 0 Å². The normalized spacial score (nSPS) is 20.0. The van der Waals surface area contributed by atoms with Crippen molar-refractivity contribution in [2.24, 2.45) is 11.0 Å². The molecule has 1 aliphatic rings. The number of nitrogens with zero attached hydrogens (tertiary/aromatic N) is 6. The van der Waals surface area contributed by atoms with Crippen LogP contribution < -0.4 is 10.2 Å². The number of rotatable bonds is 6. The van der Waals surface area contributed by atoms with Gasteiger partial charge in [0.25, 0.3) is 0 Å². The van der Waals surface area contributed by atoms with Crippen LogP contribution in [0.3, 0.4) is 0 Å². The van der Waals surface area contributed by atoms with E-state index in [1.165, 1.54) is 5.01 Å². The Bertz CT molecular complexity index is 832. The summed E-state index contributed by atoms with van der Waals surface area (Å²) in [5, 5.41) is 8.47. The molecule has 142 valence electrons. The molecule has 27 heavy (non-hydrogen) atoms. The van der Waals surface area contributed by atoms with Gasteiger partial charge in [0.15, 0.2) is 5.65 Å². The smallest absolute Gasteiger partial charge is 0.242 e. The van der Waals surface area contributed by atoms with Crippen LogP contribution >= 0.6 is 0 Å². The van der Waals surface area contributed by atoms with Crippen LogP contribution in [0.1, 0.15) is 20.3 Å². The Morgan fingerprint density at radius 3 is 2.93 bits per heavy atom. The summed E-state index contributed by atoms with van der Waals surface area (Å²) >= 11 is 0. The Morgan fingerprint density at radius 1 is 1.37 bits per heavy atom. The van der Waals surface area contributed by atoms with E-state index >= 15 is 0 Å². The number of allylic oxidation sites excluding steroid dienone is 1. The molecule has 8 nitrogen and oxygen atoms in total. The number of hydrogen-bond acceptors (Lipinski definition) is 7. The van der Waals surface area contributed by atoms with E-state index < -0.39 is 0 Å². The first-order valence-electron chi connectivity index (χ1n) is 9.06. The van der Waals surface area contributed by atoms with E-state index in [1.807, 2.05) is 19.1 Å². The minimum absolute atomic E-state index is 0.0541. The zero-order valence-electron chi connectivity index (χ0n) is 15.7. The summed E-state index contributed by atoms with van der Waals surface area (Å²) in [6.45, 7) is 9.33. The van der Waals surface area contributed by atoms with E-state index in [1.54, 1.807) is 24.8 Å². The predicted molar refractivity (Wildman–Crippen MR) is 106 cm³/mol. The third kappa shape index (κ3) is 4.58. The predicted octanol–water partition coefficient (Wildman–Crippen LogP) is 1.81. The van der Waals surface area contributed by atoms with Gasteiger partial charge in [-0.3, -0.25) is 9.80 Å². The Labute approximate surface area is 159 Å². The fraction of sp³-hybridized carbons (Fsp3) is 0.421. The Hall–Kier alpha value is -3.03. The average molecular weight is 367 g/mol. The number of aromatic nitrogens is 3. The molecule has 1 fully saturated rings. The van der Waals surface area contributed by atoms with Crippen LogP contribution in [0.25, 0.3) is 11.2 Å². The van der Waals surface area contributed by atoms with Gasteiger partial charge in [0, 0.05) is 50.6 Å². The lowest BCUT2D eigenvalue weighted by Gasteiger charge is -2.38. The Morgan fingerprint density at radius 2 is 2.15 bits per heavy atom. The van der Waals surface area contributed by atoms with Gasteiger partial charge in [-0.05, 0) is 25.3 Å². The minimum Gasteiger partial charge on any atom is -0.367 e.